The van der Waals surface area contributed by atoms with Gasteiger partial charge in [0.2, 0.25) is 6.41 Å². The second kappa shape index (κ2) is 5.43. The van der Waals surface area contributed by atoms with Crippen molar-refractivity contribution in [2.45, 2.75) is 19.9 Å². The molecule has 2 N–H and O–H groups in total. The van der Waals surface area contributed by atoms with Gasteiger partial charge in [-0.1, -0.05) is 6.07 Å². The van der Waals surface area contributed by atoms with E-state index in [1.54, 1.807) is 12.3 Å². The Hall–Kier alpha value is -2.50. The molecule has 2 rings (SSSR count). The highest BCUT2D eigenvalue weighted by molar-refractivity contribution is 5.56. The lowest BCUT2D eigenvalue weighted by Gasteiger charge is -2.26. The fourth-order valence-corrected chi connectivity index (χ4v) is 1.88. The van der Waals surface area contributed by atoms with Crippen LogP contribution in [0.15, 0.2) is 47.0 Å². The Balaban J connectivity index is 2.30. The fourth-order valence-electron chi connectivity index (χ4n) is 1.88. The number of nitrogens with one attached hydrogen (secondary N) is 2. The molecule has 98 valence electrons. The lowest BCUT2D eigenvalue weighted by molar-refractivity contribution is -0.116. The van der Waals surface area contributed by atoms with Crippen LogP contribution in [-0.4, -0.2) is 22.3 Å². The van der Waals surface area contributed by atoms with Crippen LogP contribution in [-0.2, 0) is 4.79 Å². The van der Waals surface area contributed by atoms with E-state index in [2.05, 4.69) is 15.4 Å². The number of amides is 1. The van der Waals surface area contributed by atoms with Crippen LogP contribution in [0.2, 0.25) is 0 Å². The Morgan fingerprint density at radius 2 is 2.32 bits per heavy atom. The van der Waals surface area contributed by atoms with E-state index in [-0.39, 0.29) is 6.04 Å². The second-order valence-electron chi connectivity index (χ2n) is 4.24. The fraction of sp³-hybridized carbons (Fsp3) is 0.231. The quantitative estimate of drug-likeness (QED) is 0.642. The third kappa shape index (κ3) is 2.67. The highest BCUT2D eigenvalue weighted by atomic mass is 16.1. The highest BCUT2D eigenvalue weighted by Crippen LogP contribution is 2.22. The molecule has 0 radical (unpaired) electrons. The number of hydrogen-bond acceptors (Lipinski definition) is 5. The maximum absolute atomic E-state index is 10.9. The van der Waals surface area contributed by atoms with Crippen molar-refractivity contribution in [3.63, 3.8) is 0 Å². The molecule has 6 heteroatoms. The van der Waals surface area contributed by atoms with Gasteiger partial charge in [0, 0.05) is 11.9 Å². The summed E-state index contributed by atoms with van der Waals surface area (Å²) >= 11 is 0. The minimum absolute atomic E-state index is 0.271. The number of anilines is 1. The van der Waals surface area contributed by atoms with E-state index in [1.165, 1.54) is 4.90 Å². The van der Waals surface area contributed by atoms with Crippen LogP contribution in [0.3, 0.4) is 0 Å². The molecule has 0 spiro atoms. The molecule has 1 aromatic heterocycles. The molecule has 0 fully saturated rings. The van der Waals surface area contributed by atoms with Crippen molar-refractivity contribution in [2.75, 3.05) is 5.32 Å². The summed E-state index contributed by atoms with van der Waals surface area (Å²) in [5.41, 5.74) is 9.34. The van der Waals surface area contributed by atoms with Crippen molar-refractivity contribution in [3.05, 3.63) is 47.6 Å². The summed E-state index contributed by atoms with van der Waals surface area (Å²) in [6, 6.07) is 5.37. The van der Waals surface area contributed by atoms with E-state index in [0.29, 0.717) is 23.6 Å². The molecule has 1 atom stereocenters. The first-order valence-corrected chi connectivity index (χ1v) is 5.89. The maximum atomic E-state index is 10.9. The molecular weight excluding hydrogens is 242 g/mol. The lowest BCUT2D eigenvalue weighted by atomic mass is 10.1. The Kier molecular flexibility index (Phi) is 3.70. The van der Waals surface area contributed by atoms with Gasteiger partial charge in [-0.05, 0) is 32.1 Å². The Labute approximate surface area is 111 Å². The molecule has 1 aliphatic rings. The zero-order valence-electron chi connectivity index (χ0n) is 10.8. The van der Waals surface area contributed by atoms with E-state index in [4.69, 9.17) is 5.53 Å². The smallest absolute Gasteiger partial charge is 0.214 e. The third-order valence-electron chi connectivity index (χ3n) is 2.93. The van der Waals surface area contributed by atoms with Gasteiger partial charge in [-0.3, -0.25) is 4.79 Å². The third-order valence-corrected chi connectivity index (χ3v) is 2.93. The first-order valence-electron chi connectivity index (χ1n) is 5.89. The number of pyridine rings is 1. The van der Waals surface area contributed by atoms with Crippen LogP contribution in [0.4, 0.5) is 5.82 Å². The van der Waals surface area contributed by atoms with E-state index >= 15 is 0 Å². The van der Waals surface area contributed by atoms with Crippen LogP contribution >= 0.6 is 0 Å². The van der Waals surface area contributed by atoms with Crippen molar-refractivity contribution in [3.8, 4) is 0 Å². The molecule has 2 heterocycles. The Morgan fingerprint density at radius 1 is 1.53 bits per heavy atom. The first kappa shape index (κ1) is 12.9. The molecule has 1 unspecified atom stereocenters. The standard InChI is InChI=1S/C13H15N5O/c1-9-4-3-5-12(15-9)16-11-6-7-18(8-19)10(2)13(11)17-14/h3-8,10,14H,1-2H3,(H,15,16). The van der Waals surface area contributed by atoms with E-state index in [1.807, 2.05) is 32.0 Å². The molecule has 0 aromatic carbocycles. The number of carbonyl (C=O) groups is 1. The summed E-state index contributed by atoms with van der Waals surface area (Å²) < 4.78 is 0. The molecule has 1 amide bonds. The summed E-state index contributed by atoms with van der Waals surface area (Å²) in [6.45, 7) is 3.72. The molecule has 0 saturated heterocycles. The molecule has 0 bridgehead atoms. The molecule has 1 aromatic rings. The zero-order chi connectivity index (χ0) is 13.8. The number of nitrogens with zero attached hydrogens (tertiary/aromatic N) is 3. The van der Waals surface area contributed by atoms with E-state index in [0.717, 1.165) is 5.69 Å². The summed E-state index contributed by atoms with van der Waals surface area (Å²) in [7, 11) is 0. The topological polar surface area (TPSA) is 81.4 Å². The number of aryl methyl sites for hydroxylation is 1. The highest BCUT2D eigenvalue weighted by Gasteiger charge is 2.22. The summed E-state index contributed by atoms with van der Waals surface area (Å²) in [4.78, 5) is 16.7. The van der Waals surface area contributed by atoms with Crippen LogP contribution in [0.5, 0.6) is 0 Å². The van der Waals surface area contributed by atoms with E-state index < -0.39 is 0 Å². The maximum Gasteiger partial charge on any atom is 0.214 e. The Bertz CT molecular complexity index is 564. The number of allylic oxidation sites excluding steroid dienone is 1. The number of rotatable bonds is 4. The van der Waals surface area contributed by atoms with Crippen LogP contribution in [0.25, 0.3) is 0 Å². The van der Waals surface area contributed by atoms with Crippen molar-refractivity contribution in [1.29, 1.82) is 5.53 Å². The van der Waals surface area contributed by atoms with Crippen molar-refractivity contribution >= 4 is 12.2 Å². The van der Waals surface area contributed by atoms with Gasteiger partial charge in [-0.2, -0.15) is 5.11 Å². The SMILES string of the molecule is Cc1cccc(NC2=C(N=N)C(C)N(C=O)C=C2)n1. The van der Waals surface area contributed by atoms with Gasteiger partial charge in [0.25, 0.3) is 0 Å². The predicted octanol–water partition coefficient (Wildman–Crippen LogP) is 2.42. The predicted molar refractivity (Wildman–Crippen MR) is 71.3 cm³/mol. The van der Waals surface area contributed by atoms with Crippen molar-refractivity contribution < 1.29 is 4.79 Å². The van der Waals surface area contributed by atoms with Crippen molar-refractivity contribution in [1.82, 2.24) is 9.88 Å². The summed E-state index contributed by atoms with van der Waals surface area (Å²) in [5.74, 6) is 0.688. The number of aromatic nitrogens is 1. The molecule has 0 aliphatic carbocycles. The van der Waals surface area contributed by atoms with Gasteiger partial charge in [-0.25, -0.2) is 10.5 Å². The molecule has 6 nitrogen and oxygen atoms in total. The lowest BCUT2D eigenvalue weighted by Crippen LogP contribution is -2.32. The van der Waals surface area contributed by atoms with Gasteiger partial charge in [0.1, 0.15) is 11.5 Å². The molecule has 1 aliphatic heterocycles. The van der Waals surface area contributed by atoms with Gasteiger partial charge >= 0.3 is 0 Å². The molecular formula is C13H15N5O. The largest absolute Gasteiger partial charge is 0.339 e. The average Bonchev–Trinajstić information content (AvgIpc) is 2.39. The van der Waals surface area contributed by atoms with Crippen LogP contribution in [0.1, 0.15) is 12.6 Å². The minimum Gasteiger partial charge on any atom is -0.339 e. The average molecular weight is 257 g/mol. The Morgan fingerprint density at radius 3 is 2.95 bits per heavy atom. The molecule has 19 heavy (non-hydrogen) atoms. The van der Waals surface area contributed by atoms with Crippen LogP contribution in [0, 0.1) is 12.5 Å². The van der Waals surface area contributed by atoms with Gasteiger partial charge in [-0.15, -0.1) is 0 Å². The van der Waals surface area contributed by atoms with Crippen LogP contribution < -0.4 is 5.32 Å². The first-order chi connectivity index (χ1) is 9.15. The van der Waals surface area contributed by atoms with E-state index in [9.17, 15) is 4.79 Å². The van der Waals surface area contributed by atoms with Crippen molar-refractivity contribution in [2.24, 2.45) is 5.11 Å². The normalized spacial score (nSPS) is 18.4. The minimum atomic E-state index is -0.271. The monoisotopic (exact) mass is 257 g/mol. The van der Waals surface area contributed by atoms with Gasteiger partial charge in [0.15, 0.2) is 0 Å². The van der Waals surface area contributed by atoms with Gasteiger partial charge in [0.05, 0.1) is 11.7 Å². The summed E-state index contributed by atoms with van der Waals surface area (Å²) in [6.07, 6.45) is 4.09. The van der Waals surface area contributed by atoms with Gasteiger partial charge < -0.3 is 10.2 Å². The number of carbonyl (C=O) groups excluding carboxylic acids is 1. The molecule has 0 saturated carbocycles. The zero-order valence-corrected chi connectivity index (χ0v) is 10.8. The second-order valence-corrected chi connectivity index (χ2v) is 4.24. The summed E-state index contributed by atoms with van der Waals surface area (Å²) in [5, 5.41) is 6.64. The number of hydrogen-bond donors (Lipinski definition) is 2.